The first-order valence-corrected chi connectivity index (χ1v) is 6.24. The first-order chi connectivity index (χ1) is 8.25. The zero-order chi connectivity index (χ0) is 11.8. The monoisotopic (exact) mass is 267 g/mol. The Morgan fingerprint density at radius 3 is 2.61 bits per heavy atom. The van der Waals surface area contributed by atoms with Gasteiger partial charge in [-0.1, -0.05) is 6.42 Å². The topological polar surface area (TPSA) is 59.2 Å². The van der Waals surface area contributed by atoms with E-state index < -0.39 is 0 Å². The van der Waals surface area contributed by atoms with Crippen molar-refractivity contribution in [2.45, 2.75) is 19.3 Å². The summed E-state index contributed by atoms with van der Waals surface area (Å²) in [6.45, 7) is 1.80. The van der Waals surface area contributed by atoms with Crippen LogP contribution in [-0.2, 0) is 0 Å². The fraction of sp³-hybridized carbons (Fsp3) is 0.538. The molecule has 18 heavy (non-hydrogen) atoms. The summed E-state index contributed by atoms with van der Waals surface area (Å²) in [5.74, 6) is 1.48. The molecule has 0 aromatic carbocycles. The number of carbonyl (C=O) groups is 1. The number of fused-ring (bicyclic) bond motifs is 1. The van der Waals surface area contributed by atoms with E-state index in [1.807, 2.05) is 4.90 Å². The molecule has 5 heteroatoms. The number of pyridine rings is 1. The van der Waals surface area contributed by atoms with Crippen molar-refractivity contribution in [2.75, 3.05) is 18.8 Å². The summed E-state index contributed by atoms with van der Waals surface area (Å²) < 4.78 is 0. The van der Waals surface area contributed by atoms with Crippen molar-refractivity contribution in [3.63, 3.8) is 0 Å². The van der Waals surface area contributed by atoms with E-state index in [-0.39, 0.29) is 18.3 Å². The van der Waals surface area contributed by atoms with Crippen LogP contribution in [0.25, 0.3) is 0 Å². The zero-order valence-electron chi connectivity index (χ0n) is 10.2. The molecule has 0 radical (unpaired) electrons. The van der Waals surface area contributed by atoms with Gasteiger partial charge in [-0.05, 0) is 30.7 Å². The lowest BCUT2D eigenvalue weighted by molar-refractivity contribution is 0.0781. The summed E-state index contributed by atoms with van der Waals surface area (Å²) in [5.41, 5.74) is 6.90. The second kappa shape index (κ2) is 5.14. The Labute approximate surface area is 113 Å². The van der Waals surface area contributed by atoms with E-state index in [0.717, 1.165) is 24.9 Å². The molecule has 2 heterocycles. The predicted octanol–water partition coefficient (Wildman–Crippen LogP) is 1.96. The van der Waals surface area contributed by atoms with E-state index in [4.69, 9.17) is 5.73 Å². The van der Waals surface area contributed by atoms with Crippen molar-refractivity contribution in [1.82, 2.24) is 9.88 Å². The molecule has 1 aliphatic heterocycles. The van der Waals surface area contributed by atoms with Gasteiger partial charge in [0, 0.05) is 31.2 Å². The molecule has 3 rings (SSSR count). The zero-order valence-corrected chi connectivity index (χ0v) is 11.0. The molecule has 2 fully saturated rings. The fourth-order valence-electron chi connectivity index (χ4n) is 3.16. The quantitative estimate of drug-likeness (QED) is 0.846. The van der Waals surface area contributed by atoms with Crippen molar-refractivity contribution in [3.05, 3.63) is 24.0 Å². The van der Waals surface area contributed by atoms with Crippen molar-refractivity contribution in [1.29, 1.82) is 0 Å². The number of halogens is 1. The van der Waals surface area contributed by atoms with Gasteiger partial charge < -0.3 is 10.6 Å². The minimum atomic E-state index is 0. The molecule has 4 nitrogen and oxygen atoms in total. The summed E-state index contributed by atoms with van der Waals surface area (Å²) in [4.78, 5) is 18.2. The van der Waals surface area contributed by atoms with Crippen molar-refractivity contribution >= 4 is 24.0 Å². The molecule has 0 bridgehead atoms. The number of aromatic nitrogens is 1. The summed E-state index contributed by atoms with van der Waals surface area (Å²) >= 11 is 0. The van der Waals surface area contributed by atoms with E-state index in [0.29, 0.717) is 11.3 Å². The fourth-order valence-corrected chi connectivity index (χ4v) is 3.16. The van der Waals surface area contributed by atoms with E-state index >= 15 is 0 Å². The van der Waals surface area contributed by atoms with Gasteiger partial charge in [0.25, 0.3) is 5.91 Å². The van der Waals surface area contributed by atoms with Crippen molar-refractivity contribution in [3.8, 4) is 0 Å². The van der Waals surface area contributed by atoms with Crippen LogP contribution in [0.1, 0.15) is 29.6 Å². The normalized spacial score (nSPS) is 25.7. The minimum absolute atomic E-state index is 0. The number of amides is 1. The van der Waals surface area contributed by atoms with Gasteiger partial charge in [0.15, 0.2) is 0 Å². The van der Waals surface area contributed by atoms with Gasteiger partial charge in [-0.25, -0.2) is 0 Å². The lowest BCUT2D eigenvalue weighted by atomic mass is 10.0. The third-order valence-electron chi connectivity index (χ3n) is 4.10. The van der Waals surface area contributed by atoms with Crippen LogP contribution in [0.4, 0.5) is 5.69 Å². The van der Waals surface area contributed by atoms with E-state index in [1.165, 1.54) is 19.3 Å². The molecular formula is C13H18ClN3O. The van der Waals surface area contributed by atoms with Crippen molar-refractivity contribution < 1.29 is 4.79 Å². The molecule has 1 aromatic rings. The second-order valence-corrected chi connectivity index (χ2v) is 5.12. The lowest BCUT2D eigenvalue weighted by Crippen LogP contribution is -2.30. The maximum Gasteiger partial charge on any atom is 0.257 e. The number of nitrogen functional groups attached to an aromatic ring is 1. The second-order valence-electron chi connectivity index (χ2n) is 5.12. The van der Waals surface area contributed by atoms with Gasteiger partial charge in [0.2, 0.25) is 0 Å². The maximum atomic E-state index is 12.3. The van der Waals surface area contributed by atoms with Crippen LogP contribution in [-0.4, -0.2) is 28.9 Å². The van der Waals surface area contributed by atoms with E-state index in [9.17, 15) is 4.79 Å². The summed E-state index contributed by atoms with van der Waals surface area (Å²) in [6.07, 6.45) is 7.07. The third kappa shape index (κ3) is 2.17. The average molecular weight is 268 g/mol. The number of likely N-dealkylation sites (tertiary alicyclic amines) is 1. The Bertz CT molecular complexity index is 440. The van der Waals surface area contributed by atoms with Crippen LogP contribution in [0.2, 0.25) is 0 Å². The first kappa shape index (κ1) is 13.1. The third-order valence-corrected chi connectivity index (χ3v) is 4.10. The SMILES string of the molecule is Cl.Nc1ccncc1C(=O)N1CC2CCCC2C1. The summed E-state index contributed by atoms with van der Waals surface area (Å²) in [5, 5.41) is 0. The molecule has 1 aromatic heterocycles. The summed E-state index contributed by atoms with van der Waals surface area (Å²) in [6, 6.07) is 1.68. The molecule has 1 aliphatic carbocycles. The Hall–Kier alpha value is -1.29. The van der Waals surface area contributed by atoms with Gasteiger partial charge in [0.1, 0.15) is 0 Å². The molecule has 2 atom stereocenters. The van der Waals surface area contributed by atoms with Gasteiger partial charge >= 0.3 is 0 Å². The number of hydrogen-bond donors (Lipinski definition) is 1. The molecule has 98 valence electrons. The Balaban J connectivity index is 0.00000120. The molecule has 2 aliphatic rings. The standard InChI is InChI=1S/C13H17N3O.ClH/c14-12-4-5-15-6-11(12)13(17)16-7-9-2-1-3-10(9)8-16;/h4-6,9-10H,1-3,7-8H2,(H2,14,15);1H. The highest BCUT2D eigenvalue weighted by Crippen LogP contribution is 2.38. The van der Waals surface area contributed by atoms with E-state index in [2.05, 4.69) is 4.98 Å². The first-order valence-electron chi connectivity index (χ1n) is 6.24. The lowest BCUT2D eigenvalue weighted by Gasteiger charge is -2.17. The average Bonchev–Trinajstić information content (AvgIpc) is 2.88. The van der Waals surface area contributed by atoms with Crippen LogP contribution < -0.4 is 5.73 Å². The van der Waals surface area contributed by atoms with Gasteiger partial charge in [0.05, 0.1) is 5.56 Å². The Morgan fingerprint density at radius 1 is 1.33 bits per heavy atom. The van der Waals surface area contributed by atoms with Crippen LogP contribution in [0.15, 0.2) is 18.5 Å². The number of rotatable bonds is 1. The molecule has 0 spiro atoms. The van der Waals surface area contributed by atoms with Gasteiger partial charge in [-0.3, -0.25) is 9.78 Å². The minimum Gasteiger partial charge on any atom is -0.398 e. The molecular weight excluding hydrogens is 250 g/mol. The van der Waals surface area contributed by atoms with Gasteiger partial charge in [-0.2, -0.15) is 0 Å². The highest BCUT2D eigenvalue weighted by molar-refractivity contribution is 5.98. The van der Waals surface area contributed by atoms with Crippen LogP contribution >= 0.6 is 12.4 Å². The predicted molar refractivity (Wildman–Crippen MR) is 72.6 cm³/mol. The summed E-state index contributed by atoms with van der Waals surface area (Å²) in [7, 11) is 0. The van der Waals surface area contributed by atoms with Gasteiger partial charge in [-0.15, -0.1) is 12.4 Å². The molecule has 1 saturated carbocycles. The van der Waals surface area contributed by atoms with Crippen LogP contribution in [0, 0.1) is 11.8 Å². The van der Waals surface area contributed by atoms with Crippen LogP contribution in [0.3, 0.4) is 0 Å². The molecule has 2 N–H and O–H groups in total. The number of carbonyl (C=O) groups excluding carboxylic acids is 1. The highest BCUT2D eigenvalue weighted by atomic mass is 35.5. The van der Waals surface area contributed by atoms with Crippen LogP contribution in [0.5, 0.6) is 0 Å². The smallest absolute Gasteiger partial charge is 0.257 e. The van der Waals surface area contributed by atoms with Crippen molar-refractivity contribution in [2.24, 2.45) is 11.8 Å². The molecule has 1 amide bonds. The number of anilines is 1. The Morgan fingerprint density at radius 2 is 2.00 bits per heavy atom. The molecule has 1 saturated heterocycles. The van der Waals surface area contributed by atoms with E-state index in [1.54, 1.807) is 18.5 Å². The number of nitrogens with zero attached hydrogens (tertiary/aromatic N) is 2. The Kier molecular flexibility index (Phi) is 3.76. The molecule has 2 unspecified atom stereocenters. The maximum absolute atomic E-state index is 12.3. The number of hydrogen-bond acceptors (Lipinski definition) is 3. The largest absolute Gasteiger partial charge is 0.398 e. The number of nitrogens with two attached hydrogens (primary N) is 1. The highest BCUT2D eigenvalue weighted by Gasteiger charge is 2.38.